The van der Waals surface area contributed by atoms with E-state index in [2.05, 4.69) is 10.7 Å². The highest BCUT2D eigenvalue weighted by Crippen LogP contribution is 2.13. The van der Waals surface area contributed by atoms with Crippen LogP contribution in [0.25, 0.3) is 0 Å². The van der Waals surface area contributed by atoms with E-state index in [1.54, 1.807) is 31.2 Å². The number of hydrogen-bond donors (Lipinski definition) is 5. The monoisotopic (exact) mass is 387 g/mol. The third kappa shape index (κ3) is 6.26. The van der Waals surface area contributed by atoms with Gasteiger partial charge < -0.3 is 20.3 Å². The van der Waals surface area contributed by atoms with Crippen LogP contribution in [0.2, 0.25) is 0 Å². The molecule has 0 aromatic heterocycles. The minimum atomic E-state index is -0.896. The van der Waals surface area contributed by atoms with Crippen LogP contribution in [0.3, 0.4) is 0 Å². The molecule has 0 aliphatic carbocycles. The summed E-state index contributed by atoms with van der Waals surface area (Å²) in [5, 5.41) is 21.4. The molecular weight excluding hydrogens is 362 g/mol. The van der Waals surface area contributed by atoms with Crippen molar-refractivity contribution in [1.82, 2.24) is 10.7 Å². The molecule has 1 amide bonds. The van der Waals surface area contributed by atoms with Crippen molar-refractivity contribution in [3.8, 4) is 11.5 Å². The van der Waals surface area contributed by atoms with E-state index in [9.17, 15) is 19.8 Å². The highest BCUT2D eigenvalue weighted by Gasteiger charge is 2.26. The quantitative estimate of drug-likeness (QED) is 0.244. The maximum Gasteiger partial charge on any atom is 0.328 e. The van der Waals surface area contributed by atoms with E-state index in [-0.39, 0.29) is 30.9 Å². The molecular formula is C20H25N3O5. The fraction of sp³-hybridized carbons (Fsp3) is 0.300. The lowest BCUT2D eigenvalue weighted by Crippen LogP contribution is -2.53. The number of phenols is 2. The predicted octanol–water partition coefficient (Wildman–Crippen LogP) is 0.763. The number of nitrogens with one attached hydrogen (secondary N) is 2. The van der Waals surface area contributed by atoms with Crippen LogP contribution in [0, 0.1) is 0 Å². The molecule has 0 fully saturated rings. The van der Waals surface area contributed by atoms with E-state index in [4.69, 9.17) is 10.6 Å². The Bertz CT molecular complexity index is 777. The number of carbonyl (C=O) groups excluding carboxylic acids is 2. The fourth-order valence-electron chi connectivity index (χ4n) is 2.67. The summed E-state index contributed by atoms with van der Waals surface area (Å²) in [6, 6.07) is 11.1. The molecule has 2 atom stereocenters. The van der Waals surface area contributed by atoms with Crippen LogP contribution >= 0.6 is 0 Å². The summed E-state index contributed by atoms with van der Waals surface area (Å²) >= 11 is 0. The van der Waals surface area contributed by atoms with Crippen molar-refractivity contribution in [3.63, 3.8) is 0 Å². The number of nitrogens with two attached hydrogens (primary N) is 1. The maximum absolute atomic E-state index is 12.7. The molecule has 150 valence electrons. The Morgan fingerprint density at radius 2 is 1.39 bits per heavy atom. The average Bonchev–Trinajstić information content (AvgIpc) is 2.68. The van der Waals surface area contributed by atoms with E-state index < -0.39 is 24.0 Å². The van der Waals surface area contributed by atoms with Gasteiger partial charge in [-0.15, -0.1) is 0 Å². The molecule has 0 spiro atoms. The second-order valence-electron chi connectivity index (χ2n) is 6.27. The van der Waals surface area contributed by atoms with Crippen molar-refractivity contribution < 1.29 is 24.5 Å². The molecule has 8 heteroatoms. The van der Waals surface area contributed by atoms with Crippen molar-refractivity contribution in [2.24, 2.45) is 5.84 Å². The van der Waals surface area contributed by atoms with Gasteiger partial charge in [-0.25, -0.2) is 10.2 Å². The van der Waals surface area contributed by atoms with Crippen molar-refractivity contribution in [3.05, 3.63) is 59.7 Å². The van der Waals surface area contributed by atoms with Crippen molar-refractivity contribution in [2.45, 2.75) is 31.8 Å². The first-order valence-corrected chi connectivity index (χ1v) is 8.92. The van der Waals surface area contributed by atoms with Gasteiger partial charge in [0.2, 0.25) is 5.91 Å². The largest absolute Gasteiger partial charge is 0.508 e. The van der Waals surface area contributed by atoms with Gasteiger partial charge >= 0.3 is 5.97 Å². The van der Waals surface area contributed by atoms with Crippen LogP contribution in [0.15, 0.2) is 48.5 Å². The molecule has 0 heterocycles. The van der Waals surface area contributed by atoms with Gasteiger partial charge in [0.25, 0.3) is 0 Å². The number of ether oxygens (including phenoxy) is 1. The normalized spacial score (nSPS) is 12.8. The topological polar surface area (TPSA) is 134 Å². The molecule has 0 saturated heterocycles. The number of phenolic OH excluding ortho intramolecular Hbond substituents is 2. The smallest absolute Gasteiger partial charge is 0.328 e. The minimum Gasteiger partial charge on any atom is -0.508 e. The van der Waals surface area contributed by atoms with Gasteiger partial charge in [0.15, 0.2) is 0 Å². The van der Waals surface area contributed by atoms with Gasteiger partial charge in [-0.05, 0) is 48.7 Å². The summed E-state index contributed by atoms with van der Waals surface area (Å²) in [6.45, 7) is 1.87. The summed E-state index contributed by atoms with van der Waals surface area (Å²) in [5.41, 5.74) is 4.00. The van der Waals surface area contributed by atoms with Crippen LogP contribution in [-0.2, 0) is 27.2 Å². The van der Waals surface area contributed by atoms with Crippen LogP contribution in [0.1, 0.15) is 18.1 Å². The predicted molar refractivity (Wildman–Crippen MR) is 103 cm³/mol. The summed E-state index contributed by atoms with van der Waals surface area (Å²) in [6.07, 6.45) is 0.485. The Labute approximate surface area is 163 Å². The van der Waals surface area contributed by atoms with Gasteiger partial charge in [0.05, 0.1) is 6.61 Å². The number of amides is 1. The van der Waals surface area contributed by atoms with Crippen molar-refractivity contribution >= 4 is 11.9 Å². The highest BCUT2D eigenvalue weighted by atomic mass is 16.5. The zero-order valence-electron chi connectivity index (χ0n) is 15.6. The van der Waals surface area contributed by atoms with E-state index in [0.717, 1.165) is 11.1 Å². The molecule has 28 heavy (non-hydrogen) atoms. The Balaban J connectivity index is 2.08. The average molecular weight is 387 g/mol. The van der Waals surface area contributed by atoms with Gasteiger partial charge in [-0.1, -0.05) is 24.3 Å². The first-order chi connectivity index (χ1) is 13.4. The summed E-state index contributed by atoms with van der Waals surface area (Å²) in [5.74, 6) is 4.76. The van der Waals surface area contributed by atoms with Crippen molar-refractivity contribution in [2.75, 3.05) is 6.61 Å². The number of hydrogen-bond acceptors (Lipinski definition) is 7. The first kappa shape index (κ1) is 21.2. The van der Waals surface area contributed by atoms with Crippen LogP contribution < -0.4 is 16.6 Å². The SMILES string of the molecule is CCOC(=O)[C@H](Cc1ccc(O)cc1)NC(=O)[C@H](Cc1ccc(O)cc1)NN. The lowest BCUT2D eigenvalue weighted by atomic mass is 10.0. The standard InChI is InChI=1S/C20H25N3O5/c1-2-28-20(27)18(12-14-5-9-16(25)10-6-14)22-19(26)17(23-21)11-13-3-7-15(24)8-4-13/h3-10,17-18,23-25H,2,11-12,21H2,1H3,(H,22,26)/t17-,18-/m0/s1. The molecule has 8 nitrogen and oxygen atoms in total. The second-order valence-corrected chi connectivity index (χ2v) is 6.27. The molecule has 2 aromatic rings. The van der Waals surface area contributed by atoms with Gasteiger partial charge in [0.1, 0.15) is 23.6 Å². The number of rotatable bonds is 9. The summed E-state index contributed by atoms with van der Waals surface area (Å²) in [4.78, 5) is 24.9. The number of aromatic hydroxyl groups is 2. The Hall–Kier alpha value is -3.10. The lowest BCUT2D eigenvalue weighted by molar-refractivity contribution is -0.147. The molecule has 0 saturated carbocycles. The molecule has 0 unspecified atom stereocenters. The van der Waals surface area contributed by atoms with Crippen LogP contribution in [-0.4, -0.2) is 40.8 Å². The Kier molecular flexibility index (Phi) is 7.79. The third-order valence-corrected chi connectivity index (χ3v) is 4.16. The highest BCUT2D eigenvalue weighted by molar-refractivity contribution is 5.88. The third-order valence-electron chi connectivity index (χ3n) is 4.16. The molecule has 2 rings (SSSR count). The molecule has 6 N–H and O–H groups in total. The second kappa shape index (κ2) is 10.3. The van der Waals surface area contributed by atoms with E-state index in [1.807, 2.05) is 0 Å². The lowest BCUT2D eigenvalue weighted by Gasteiger charge is -2.21. The Morgan fingerprint density at radius 1 is 0.929 bits per heavy atom. The van der Waals surface area contributed by atoms with Crippen LogP contribution in [0.4, 0.5) is 0 Å². The maximum atomic E-state index is 12.7. The molecule has 0 aliphatic heterocycles. The zero-order valence-corrected chi connectivity index (χ0v) is 15.6. The van der Waals surface area contributed by atoms with Crippen LogP contribution in [0.5, 0.6) is 11.5 Å². The minimum absolute atomic E-state index is 0.113. The molecule has 0 radical (unpaired) electrons. The fourth-order valence-corrected chi connectivity index (χ4v) is 2.67. The molecule has 2 aromatic carbocycles. The molecule has 0 aliphatic rings. The summed E-state index contributed by atoms with van der Waals surface area (Å²) < 4.78 is 5.06. The number of carbonyl (C=O) groups is 2. The number of benzene rings is 2. The van der Waals surface area contributed by atoms with Gasteiger partial charge in [-0.2, -0.15) is 0 Å². The van der Waals surface area contributed by atoms with E-state index in [0.29, 0.717) is 0 Å². The Morgan fingerprint density at radius 3 is 1.82 bits per heavy atom. The van der Waals surface area contributed by atoms with E-state index in [1.165, 1.54) is 24.3 Å². The number of hydrazine groups is 1. The van der Waals surface area contributed by atoms with Crippen molar-refractivity contribution in [1.29, 1.82) is 0 Å². The van der Waals surface area contributed by atoms with E-state index >= 15 is 0 Å². The summed E-state index contributed by atoms with van der Waals surface area (Å²) in [7, 11) is 0. The number of esters is 1. The van der Waals surface area contributed by atoms with Gasteiger partial charge in [0, 0.05) is 6.42 Å². The van der Waals surface area contributed by atoms with Gasteiger partial charge in [-0.3, -0.25) is 10.6 Å². The first-order valence-electron chi connectivity index (χ1n) is 8.92. The zero-order chi connectivity index (χ0) is 20.5. The molecule has 0 bridgehead atoms.